The fourth-order valence-corrected chi connectivity index (χ4v) is 3.41. The number of nitrogens with two attached hydrogens (primary N) is 2. The van der Waals surface area contributed by atoms with E-state index in [1.165, 1.54) is 0 Å². The molecule has 2 heterocycles. The van der Waals surface area contributed by atoms with E-state index in [4.69, 9.17) is 11.5 Å². The fourth-order valence-electron chi connectivity index (χ4n) is 3.41. The van der Waals surface area contributed by atoms with Crippen LogP contribution in [0.2, 0.25) is 0 Å². The van der Waals surface area contributed by atoms with Crippen LogP contribution in [0, 0.1) is 0 Å². The van der Waals surface area contributed by atoms with E-state index in [2.05, 4.69) is 4.90 Å². The molecule has 1 saturated heterocycles. The lowest BCUT2D eigenvalue weighted by Gasteiger charge is -2.28. The van der Waals surface area contributed by atoms with Gasteiger partial charge in [-0.05, 0) is 18.6 Å². The number of hydrogen-bond donors (Lipinski definition) is 2. The number of hydrogen-bond acceptors (Lipinski definition) is 5. The van der Waals surface area contributed by atoms with E-state index in [1.807, 2.05) is 6.07 Å². The molecule has 0 saturated carbocycles. The monoisotopic (exact) mass is 297 g/mol. The highest BCUT2D eigenvalue weighted by molar-refractivity contribution is 5.95. The molecule has 1 aromatic rings. The van der Waals surface area contributed by atoms with Gasteiger partial charge in [0.2, 0.25) is 0 Å². The average Bonchev–Trinajstić information content (AvgIpc) is 2.93. The fraction of sp³-hybridized carbons (Fsp3) is 0.571. The molecule has 0 amide bonds. The van der Waals surface area contributed by atoms with Gasteiger partial charge in [0.15, 0.2) is 6.17 Å². The first kappa shape index (κ1) is 14.2. The molecule has 2 aliphatic rings. The predicted octanol–water partition coefficient (Wildman–Crippen LogP) is 1.28. The van der Waals surface area contributed by atoms with Crippen molar-refractivity contribution in [2.24, 2.45) is 5.73 Å². The van der Waals surface area contributed by atoms with Gasteiger partial charge in [0.05, 0.1) is 22.7 Å². The van der Waals surface area contributed by atoms with E-state index in [0.29, 0.717) is 12.2 Å². The lowest BCUT2D eigenvalue weighted by Crippen LogP contribution is -2.44. The lowest BCUT2D eigenvalue weighted by atomic mass is 10.1. The van der Waals surface area contributed by atoms with Gasteiger partial charge in [-0.25, -0.2) is 8.78 Å². The van der Waals surface area contributed by atoms with Crippen molar-refractivity contribution in [3.05, 3.63) is 12.1 Å². The van der Waals surface area contributed by atoms with E-state index >= 15 is 0 Å². The summed E-state index contributed by atoms with van der Waals surface area (Å²) in [6.07, 6.45) is -2.53. The van der Waals surface area contributed by atoms with Gasteiger partial charge in [-0.2, -0.15) is 0 Å². The first-order chi connectivity index (χ1) is 9.91. The molecule has 0 bridgehead atoms. The second-order valence-electron chi connectivity index (χ2n) is 5.84. The Bertz CT molecular complexity index is 550. The molecule has 7 heteroatoms. The molecular weight excluding hydrogens is 276 g/mol. The largest absolute Gasteiger partial charge is 0.397 e. The highest BCUT2D eigenvalue weighted by Crippen LogP contribution is 2.49. The van der Waals surface area contributed by atoms with E-state index < -0.39 is 12.6 Å². The van der Waals surface area contributed by atoms with Crippen molar-refractivity contribution in [2.45, 2.75) is 25.1 Å². The summed E-state index contributed by atoms with van der Waals surface area (Å²) in [6, 6.07) is 3.70. The van der Waals surface area contributed by atoms with Gasteiger partial charge in [0.1, 0.15) is 0 Å². The molecule has 5 nitrogen and oxygen atoms in total. The van der Waals surface area contributed by atoms with Gasteiger partial charge < -0.3 is 26.2 Å². The molecule has 3 rings (SSSR count). The summed E-state index contributed by atoms with van der Waals surface area (Å²) in [7, 11) is 3.38. The molecule has 0 spiro atoms. The zero-order valence-corrected chi connectivity index (χ0v) is 12.3. The number of benzene rings is 1. The Labute approximate surface area is 123 Å². The molecule has 4 N–H and O–H groups in total. The molecular formula is C14H21F2N5. The van der Waals surface area contributed by atoms with Crippen molar-refractivity contribution >= 4 is 22.7 Å². The van der Waals surface area contributed by atoms with Crippen LogP contribution in [0.3, 0.4) is 0 Å². The molecule has 116 valence electrons. The van der Waals surface area contributed by atoms with Gasteiger partial charge in [0, 0.05) is 33.2 Å². The summed E-state index contributed by atoms with van der Waals surface area (Å²) in [4.78, 5) is 5.34. The Balaban J connectivity index is 2.08. The van der Waals surface area contributed by atoms with Gasteiger partial charge in [0.25, 0.3) is 6.43 Å². The predicted molar refractivity (Wildman–Crippen MR) is 82.3 cm³/mol. The average molecular weight is 297 g/mol. The molecule has 2 aliphatic heterocycles. The first-order valence-electron chi connectivity index (χ1n) is 7.08. The Morgan fingerprint density at radius 2 is 1.90 bits per heavy atom. The maximum Gasteiger partial charge on any atom is 0.276 e. The van der Waals surface area contributed by atoms with Crippen LogP contribution in [0.1, 0.15) is 6.42 Å². The quantitative estimate of drug-likeness (QED) is 0.805. The number of anilines is 4. The third kappa shape index (κ3) is 2.07. The van der Waals surface area contributed by atoms with Crippen molar-refractivity contribution in [3.63, 3.8) is 0 Å². The number of alkyl halides is 2. The van der Waals surface area contributed by atoms with Gasteiger partial charge in [-0.3, -0.25) is 0 Å². The number of nitrogens with zero attached hydrogens (tertiary/aromatic N) is 3. The molecule has 21 heavy (non-hydrogen) atoms. The molecule has 1 aromatic carbocycles. The van der Waals surface area contributed by atoms with Crippen molar-refractivity contribution in [1.29, 1.82) is 0 Å². The standard InChI is InChI=1S/C14H21F2N5/c1-19-10-4-3-9(18)11(21-6-5-8(17)7-21)12(10)20(2)14(19)13(15)16/h3-4,8,13-14H,5-7,17-18H2,1-2H3. The van der Waals surface area contributed by atoms with Crippen molar-refractivity contribution in [3.8, 4) is 0 Å². The van der Waals surface area contributed by atoms with E-state index in [-0.39, 0.29) is 6.04 Å². The van der Waals surface area contributed by atoms with Gasteiger partial charge >= 0.3 is 0 Å². The first-order valence-corrected chi connectivity index (χ1v) is 7.08. The zero-order valence-electron chi connectivity index (χ0n) is 12.3. The molecule has 0 aromatic heterocycles. The minimum atomic E-state index is -2.46. The van der Waals surface area contributed by atoms with Crippen LogP contribution in [0.25, 0.3) is 0 Å². The molecule has 0 radical (unpaired) electrons. The molecule has 2 atom stereocenters. The van der Waals surface area contributed by atoms with Crippen LogP contribution in [0.15, 0.2) is 12.1 Å². The summed E-state index contributed by atoms with van der Waals surface area (Å²) >= 11 is 0. The Morgan fingerprint density at radius 3 is 2.48 bits per heavy atom. The number of fused-ring (bicyclic) bond motifs is 1. The third-order valence-corrected chi connectivity index (χ3v) is 4.45. The summed E-state index contributed by atoms with van der Waals surface area (Å²) in [5.41, 5.74) is 15.1. The minimum absolute atomic E-state index is 0.107. The van der Waals surface area contributed by atoms with Gasteiger partial charge in [-0.15, -0.1) is 0 Å². The van der Waals surface area contributed by atoms with Crippen LogP contribution >= 0.6 is 0 Å². The Hall–Kier alpha value is -1.76. The molecule has 1 fully saturated rings. The molecule has 2 unspecified atom stereocenters. The summed E-state index contributed by atoms with van der Waals surface area (Å²) < 4.78 is 26.7. The van der Waals surface area contributed by atoms with Crippen molar-refractivity contribution < 1.29 is 8.78 Å². The highest BCUT2D eigenvalue weighted by Gasteiger charge is 2.40. The summed E-state index contributed by atoms with van der Waals surface area (Å²) in [5.74, 6) is 0. The Kier molecular flexibility index (Phi) is 3.32. The number of nitrogen functional groups attached to an aromatic ring is 1. The van der Waals surface area contributed by atoms with E-state index in [0.717, 1.165) is 30.0 Å². The summed E-state index contributed by atoms with van der Waals surface area (Å²) in [5, 5.41) is 0. The topological polar surface area (TPSA) is 61.8 Å². The highest BCUT2D eigenvalue weighted by atomic mass is 19.3. The normalized spacial score (nSPS) is 25.1. The van der Waals surface area contributed by atoms with Crippen LogP contribution in [-0.4, -0.2) is 45.8 Å². The van der Waals surface area contributed by atoms with Crippen LogP contribution in [0.4, 0.5) is 31.5 Å². The maximum absolute atomic E-state index is 13.3. The number of rotatable bonds is 2. The maximum atomic E-state index is 13.3. The summed E-state index contributed by atoms with van der Waals surface area (Å²) in [6.45, 7) is 1.51. The number of halogens is 2. The smallest absolute Gasteiger partial charge is 0.276 e. The lowest BCUT2D eigenvalue weighted by molar-refractivity contribution is 0.117. The second-order valence-corrected chi connectivity index (χ2v) is 5.84. The van der Waals surface area contributed by atoms with Crippen molar-refractivity contribution in [2.75, 3.05) is 47.6 Å². The molecule has 0 aliphatic carbocycles. The Morgan fingerprint density at radius 1 is 1.19 bits per heavy atom. The van der Waals surface area contributed by atoms with E-state index in [1.54, 1.807) is 30.0 Å². The van der Waals surface area contributed by atoms with Crippen LogP contribution < -0.4 is 26.2 Å². The minimum Gasteiger partial charge on any atom is -0.397 e. The third-order valence-electron chi connectivity index (χ3n) is 4.45. The SMILES string of the molecule is CN1c2ccc(N)c(N3CCC(N)C3)c2N(C)C1C(F)F. The van der Waals surface area contributed by atoms with Gasteiger partial charge in [-0.1, -0.05) is 0 Å². The zero-order chi connectivity index (χ0) is 15.3. The van der Waals surface area contributed by atoms with E-state index in [9.17, 15) is 8.78 Å². The van der Waals surface area contributed by atoms with Crippen molar-refractivity contribution in [1.82, 2.24) is 0 Å². The second kappa shape index (κ2) is 4.91. The van der Waals surface area contributed by atoms with Crippen LogP contribution in [0.5, 0.6) is 0 Å². The van der Waals surface area contributed by atoms with Crippen LogP contribution in [-0.2, 0) is 0 Å².